The summed E-state index contributed by atoms with van der Waals surface area (Å²) in [5.41, 5.74) is 8.88. The molecule has 1 saturated heterocycles. The van der Waals surface area contributed by atoms with Gasteiger partial charge in [-0.25, -0.2) is 0 Å². The molecule has 1 fully saturated rings. The van der Waals surface area contributed by atoms with E-state index in [0.717, 1.165) is 19.6 Å². The second-order valence-electron chi connectivity index (χ2n) is 6.32. The Balaban J connectivity index is 2.07. The fourth-order valence-corrected chi connectivity index (χ4v) is 2.75. The largest absolute Gasteiger partial charge is 0.330 e. The molecule has 0 amide bonds. The smallest absolute Gasteiger partial charge is 0.0239 e. The summed E-state index contributed by atoms with van der Waals surface area (Å²) in [7, 11) is 0. The molecule has 2 N–H and O–H groups in total. The standard InChI is InChI=1S/C16H26N2/c1-13-4-6-14(7-5-13)11-18-12-15(10-17)8-9-16(18,2)3/h4-7,15H,8-12,17H2,1-3H3. The number of nitrogens with zero attached hydrogens (tertiary/aromatic N) is 1. The van der Waals surface area contributed by atoms with Crippen molar-refractivity contribution in [3.63, 3.8) is 0 Å². The van der Waals surface area contributed by atoms with Crippen LogP contribution in [0, 0.1) is 12.8 Å². The van der Waals surface area contributed by atoms with Gasteiger partial charge >= 0.3 is 0 Å². The monoisotopic (exact) mass is 246 g/mol. The summed E-state index contributed by atoms with van der Waals surface area (Å²) < 4.78 is 0. The molecule has 0 bridgehead atoms. The van der Waals surface area contributed by atoms with Crippen molar-refractivity contribution in [3.05, 3.63) is 35.4 Å². The summed E-state index contributed by atoms with van der Waals surface area (Å²) in [5, 5.41) is 0. The molecule has 1 unspecified atom stereocenters. The van der Waals surface area contributed by atoms with Gasteiger partial charge in [-0.3, -0.25) is 4.90 Å². The molecule has 2 heteroatoms. The van der Waals surface area contributed by atoms with E-state index in [1.54, 1.807) is 0 Å². The van der Waals surface area contributed by atoms with E-state index < -0.39 is 0 Å². The zero-order valence-electron chi connectivity index (χ0n) is 11.9. The van der Waals surface area contributed by atoms with Gasteiger partial charge in [-0.1, -0.05) is 29.8 Å². The van der Waals surface area contributed by atoms with Gasteiger partial charge in [0.1, 0.15) is 0 Å². The molecule has 0 radical (unpaired) electrons. The third-order valence-corrected chi connectivity index (χ3v) is 4.33. The summed E-state index contributed by atoms with van der Waals surface area (Å²) in [6.45, 7) is 9.85. The van der Waals surface area contributed by atoms with Gasteiger partial charge in [0.15, 0.2) is 0 Å². The molecule has 1 heterocycles. The predicted molar refractivity (Wildman–Crippen MR) is 77.4 cm³/mol. The number of hydrogen-bond acceptors (Lipinski definition) is 2. The second kappa shape index (κ2) is 5.41. The number of hydrogen-bond donors (Lipinski definition) is 1. The minimum atomic E-state index is 0.302. The third-order valence-electron chi connectivity index (χ3n) is 4.33. The highest BCUT2D eigenvalue weighted by molar-refractivity contribution is 5.21. The maximum Gasteiger partial charge on any atom is 0.0239 e. The molecule has 0 saturated carbocycles. The Labute approximate surface area is 111 Å². The number of aryl methyl sites for hydroxylation is 1. The Kier molecular flexibility index (Phi) is 4.08. The lowest BCUT2D eigenvalue weighted by molar-refractivity contribution is 0.0403. The Morgan fingerprint density at radius 1 is 1.28 bits per heavy atom. The van der Waals surface area contributed by atoms with Crippen molar-refractivity contribution < 1.29 is 0 Å². The van der Waals surface area contributed by atoms with Gasteiger partial charge in [0.05, 0.1) is 0 Å². The zero-order valence-corrected chi connectivity index (χ0v) is 11.9. The fraction of sp³-hybridized carbons (Fsp3) is 0.625. The van der Waals surface area contributed by atoms with Gasteiger partial charge in [0.25, 0.3) is 0 Å². The number of piperidine rings is 1. The second-order valence-corrected chi connectivity index (χ2v) is 6.32. The lowest BCUT2D eigenvalue weighted by atomic mass is 9.84. The Morgan fingerprint density at radius 2 is 1.94 bits per heavy atom. The first-order chi connectivity index (χ1) is 8.51. The van der Waals surface area contributed by atoms with Gasteiger partial charge in [0.2, 0.25) is 0 Å². The molecule has 0 spiro atoms. The molecule has 1 aliphatic heterocycles. The van der Waals surface area contributed by atoms with Crippen LogP contribution in [0.2, 0.25) is 0 Å². The van der Waals surface area contributed by atoms with Crippen LogP contribution in [0.4, 0.5) is 0 Å². The highest BCUT2D eigenvalue weighted by atomic mass is 15.2. The predicted octanol–water partition coefficient (Wildman–Crippen LogP) is 2.94. The van der Waals surface area contributed by atoms with Crippen molar-refractivity contribution in [1.82, 2.24) is 4.90 Å². The SMILES string of the molecule is Cc1ccc(CN2CC(CN)CCC2(C)C)cc1. The van der Waals surface area contributed by atoms with Gasteiger partial charge in [-0.15, -0.1) is 0 Å². The molecule has 1 aromatic rings. The Morgan fingerprint density at radius 3 is 2.56 bits per heavy atom. The van der Waals surface area contributed by atoms with E-state index >= 15 is 0 Å². The van der Waals surface area contributed by atoms with Crippen molar-refractivity contribution in [2.45, 2.75) is 45.7 Å². The van der Waals surface area contributed by atoms with E-state index in [4.69, 9.17) is 5.73 Å². The lowest BCUT2D eigenvalue weighted by Gasteiger charge is -2.45. The molecular weight excluding hydrogens is 220 g/mol. The van der Waals surface area contributed by atoms with Crippen LogP contribution in [-0.4, -0.2) is 23.5 Å². The first kappa shape index (κ1) is 13.6. The topological polar surface area (TPSA) is 29.3 Å². The summed E-state index contributed by atoms with van der Waals surface area (Å²) in [6, 6.07) is 8.90. The minimum Gasteiger partial charge on any atom is -0.330 e. The first-order valence-electron chi connectivity index (χ1n) is 7.02. The summed E-state index contributed by atoms with van der Waals surface area (Å²) >= 11 is 0. The maximum absolute atomic E-state index is 5.84. The number of nitrogens with two attached hydrogens (primary N) is 1. The van der Waals surface area contributed by atoms with Gasteiger partial charge in [0, 0.05) is 18.6 Å². The molecular formula is C16H26N2. The van der Waals surface area contributed by atoms with Crippen LogP contribution in [0.3, 0.4) is 0 Å². The molecule has 1 aromatic carbocycles. The van der Waals surface area contributed by atoms with E-state index in [2.05, 4.69) is 49.9 Å². The van der Waals surface area contributed by atoms with Gasteiger partial charge < -0.3 is 5.73 Å². The van der Waals surface area contributed by atoms with E-state index in [1.807, 2.05) is 0 Å². The van der Waals surface area contributed by atoms with Crippen LogP contribution in [0.15, 0.2) is 24.3 Å². The fourth-order valence-electron chi connectivity index (χ4n) is 2.75. The summed E-state index contributed by atoms with van der Waals surface area (Å²) in [6.07, 6.45) is 2.52. The first-order valence-corrected chi connectivity index (χ1v) is 7.02. The highest BCUT2D eigenvalue weighted by Gasteiger charge is 2.33. The average molecular weight is 246 g/mol. The van der Waals surface area contributed by atoms with Crippen molar-refractivity contribution >= 4 is 0 Å². The van der Waals surface area contributed by atoms with Crippen LogP contribution in [0.25, 0.3) is 0 Å². The molecule has 0 aromatic heterocycles. The molecule has 100 valence electrons. The lowest BCUT2D eigenvalue weighted by Crippen LogP contribution is -2.51. The van der Waals surface area contributed by atoms with Crippen molar-refractivity contribution in [1.29, 1.82) is 0 Å². The van der Waals surface area contributed by atoms with Crippen molar-refractivity contribution in [2.24, 2.45) is 11.7 Å². The molecule has 1 aliphatic rings. The molecule has 1 atom stereocenters. The summed E-state index contributed by atoms with van der Waals surface area (Å²) in [5.74, 6) is 0.670. The van der Waals surface area contributed by atoms with E-state index in [-0.39, 0.29) is 0 Å². The number of likely N-dealkylation sites (tertiary alicyclic amines) is 1. The Bertz CT molecular complexity index is 381. The highest BCUT2D eigenvalue weighted by Crippen LogP contribution is 2.31. The van der Waals surface area contributed by atoms with Crippen LogP contribution in [-0.2, 0) is 6.54 Å². The van der Waals surface area contributed by atoms with Crippen molar-refractivity contribution in [3.8, 4) is 0 Å². The van der Waals surface area contributed by atoms with E-state index in [0.29, 0.717) is 11.5 Å². The van der Waals surface area contributed by atoms with Gasteiger partial charge in [-0.05, 0) is 51.6 Å². The van der Waals surface area contributed by atoms with E-state index in [1.165, 1.54) is 24.0 Å². The van der Waals surface area contributed by atoms with Crippen molar-refractivity contribution in [2.75, 3.05) is 13.1 Å². The Hall–Kier alpha value is -0.860. The van der Waals surface area contributed by atoms with Crippen LogP contribution in [0.5, 0.6) is 0 Å². The van der Waals surface area contributed by atoms with Crippen LogP contribution in [0.1, 0.15) is 37.8 Å². The average Bonchev–Trinajstić information content (AvgIpc) is 2.34. The molecule has 0 aliphatic carbocycles. The van der Waals surface area contributed by atoms with Crippen LogP contribution >= 0.6 is 0 Å². The zero-order chi connectivity index (χ0) is 13.2. The van der Waals surface area contributed by atoms with Gasteiger partial charge in [-0.2, -0.15) is 0 Å². The third kappa shape index (κ3) is 3.12. The normalized spacial score (nSPS) is 24.1. The summed E-state index contributed by atoms with van der Waals surface area (Å²) in [4.78, 5) is 2.60. The van der Waals surface area contributed by atoms with E-state index in [9.17, 15) is 0 Å². The number of rotatable bonds is 3. The maximum atomic E-state index is 5.84. The molecule has 2 nitrogen and oxygen atoms in total. The molecule has 2 rings (SSSR count). The van der Waals surface area contributed by atoms with Crippen LogP contribution < -0.4 is 5.73 Å². The minimum absolute atomic E-state index is 0.302. The number of benzene rings is 1. The quantitative estimate of drug-likeness (QED) is 0.888. The molecule has 18 heavy (non-hydrogen) atoms.